The van der Waals surface area contributed by atoms with Crippen molar-refractivity contribution in [1.29, 1.82) is 0 Å². The number of carbonyl (C=O) groups is 1. The predicted octanol–water partition coefficient (Wildman–Crippen LogP) is 3.74. The van der Waals surface area contributed by atoms with E-state index < -0.39 is 0 Å². The van der Waals surface area contributed by atoms with Crippen molar-refractivity contribution in [3.05, 3.63) is 15.6 Å². The van der Waals surface area contributed by atoms with Gasteiger partial charge in [-0.2, -0.15) is 0 Å². The number of amides is 1. The predicted molar refractivity (Wildman–Crippen MR) is 99.7 cm³/mol. The highest BCUT2D eigenvalue weighted by Gasteiger charge is 2.23. The number of halogens is 2. The van der Waals surface area contributed by atoms with Gasteiger partial charge in [0.2, 0.25) is 0 Å². The molecule has 0 unspecified atom stereocenters. The van der Waals surface area contributed by atoms with Crippen LogP contribution in [-0.2, 0) is 6.42 Å². The molecule has 1 heterocycles. The number of nitrogens with two attached hydrogens (primary N) is 1. The van der Waals surface area contributed by atoms with Crippen LogP contribution < -0.4 is 11.1 Å². The summed E-state index contributed by atoms with van der Waals surface area (Å²) in [7, 11) is 0. The molecule has 0 aliphatic carbocycles. The molecule has 22 heavy (non-hydrogen) atoms. The summed E-state index contributed by atoms with van der Waals surface area (Å²) >= 11 is 1.47. The molecule has 1 aromatic heterocycles. The van der Waals surface area contributed by atoms with E-state index in [4.69, 9.17) is 5.73 Å². The molecule has 3 N–H and O–H groups in total. The van der Waals surface area contributed by atoms with E-state index in [1.165, 1.54) is 11.3 Å². The van der Waals surface area contributed by atoms with Gasteiger partial charge in [-0.05, 0) is 32.1 Å². The minimum Gasteiger partial charge on any atom is -0.349 e. The fourth-order valence-corrected chi connectivity index (χ4v) is 2.87. The van der Waals surface area contributed by atoms with Crippen molar-refractivity contribution >= 4 is 42.1 Å². The molecule has 1 aromatic rings. The maximum atomic E-state index is 12.3. The molecule has 0 bridgehead atoms. The molecule has 1 amide bonds. The van der Waals surface area contributed by atoms with Crippen molar-refractivity contribution in [3.63, 3.8) is 0 Å². The van der Waals surface area contributed by atoms with Crippen LogP contribution in [0.4, 0.5) is 0 Å². The van der Waals surface area contributed by atoms with Gasteiger partial charge in [0.25, 0.3) is 5.91 Å². The average Bonchev–Trinajstić information content (AvgIpc) is 2.75. The number of aryl methyl sites for hydroxylation is 1. The van der Waals surface area contributed by atoms with Crippen molar-refractivity contribution < 1.29 is 4.79 Å². The number of hydrogen-bond donors (Lipinski definition) is 2. The highest BCUT2D eigenvalue weighted by Crippen LogP contribution is 2.21. The zero-order chi connectivity index (χ0) is 15.3. The summed E-state index contributed by atoms with van der Waals surface area (Å²) in [6.07, 6.45) is 2.54. The molecule has 0 aromatic carbocycles. The Hall–Kier alpha value is -0.360. The molecule has 0 radical (unpaired) electrons. The Bertz CT molecular complexity index is 460. The Labute approximate surface area is 150 Å². The van der Waals surface area contributed by atoms with Crippen molar-refractivity contribution in [3.8, 4) is 0 Å². The third kappa shape index (κ3) is 6.82. The molecular weight excluding hydrogens is 341 g/mol. The lowest BCUT2D eigenvalue weighted by molar-refractivity contribution is 0.0945. The summed E-state index contributed by atoms with van der Waals surface area (Å²) in [4.78, 5) is 17.6. The fourth-order valence-electron chi connectivity index (χ4n) is 2.01. The number of nitrogens with one attached hydrogen (secondary N) is 1. The second kappa shape index (κ2) is 10.4. The van der Waals surface area contributed by atoms with E-state index in [-0.39, 0.29) is 36.3 Å². The third-order valence-corrected chi connectivity index (χ3v) is 4.63. The van der Waals surface area contributed by atoms with Crippen LogP contribution in [0.5, 0.6) is 0 Å². The molecule has 4 nitrogen and oxygen atoms in total. The first-order valence-corrected chi connectivity index (χ1v) is 8.16. The van der Waals surface area contributed by atoms with Gasteiger partial charge in [0, 0.05) is 12.1 Å². The topological polar surface area (TPSA) is 68.0 Å². The molecule has 7 heteroatoms. The van der Waals surface area contributed by atoms with Crippen LogP contribution >= 0.6 is 36.2 Å². The number of hydrogen-bond acceptors (Lipinski definition) is 4. The van der Waals surface area contributed by atoms with E-state index in [1.807, 2.05) is 6.92 Å². The molecular formula is C15H29Cl2N3OS. The Morgan fingerprint density at radius 2 is 1.86 bits per heavy atom. The van der Waals surface area contributed by atoms with Crippen LogP contribution in [0.2, 0.25) is 0 Å². The number of thiazole rings is 1. The van der Waals surface area contributed by atoms with Crippen molar-refractivity contribution in [2.75, 3.05) is 6.54 Å². The lowest BCUT2D eigenvalue weighted by Gasteiger charge is -2.26. The van der Waals surface area contributed by atoms with Crippen molar-refractivity contribution in [2.24, 2.45) is 11.7 Å². The Morgan fingerprint density at radius 1 is 1.32 bits per heavy atom. The monoisotopic (exact) mass is 369 g/mol. The van der Waals surface area contributed by atoms with Crippen LogP contribution in [-0.4, -0.2) is 23.0 Å². The van der Waals surface area contributed by atoms with Gasteiger partial charge in [-0.3, -0.25) is 4.79 Å². The highest BCUT2D eigenvalue weighted by molar-refractivity contribution is 7.13. The minimum absolute atomic E-state index is 0. The first-order chi connectivity index (χ1) is 9.31. The minimum atomic E-state index is -0.312. The number of aromatic nitrogens is 1. The summed E-state index contributed by atoms with van der Waals surface area (Å²) < 4.78 is 0. The van der Waals surface area contributed by atoms with Gasteiger partial charge in [0.15, 0.2) is 0 Å². The van der Waals surface area contributed by atoms with Gasteiger partial charge in [0.1, 0.15) is 4.88 Å². The van der Waals surface area contributed by atoms with E-state index in [0.717, 1.165) is 34.8 Å². The smallest absolute Gasteiger partial charge is 0.263 e. The summed E-state index contributed by atoms with van der Waals surface area (Å²) in [6, 6.07) is 0. The molecule has 1 rings (SSSR count). The van der Waals surface area contributed by atoms with Gasteiger partial charge in [-0.25, -0.2) is 4.98 Å². The van der Waals surface area contributed by atoms with Gasteiger partial charge in [-0.15, -0.1) is 36.2 Å². The lowest BCUT2D eigenvalue weighted by atomic mass is 9.94. The molecule has 130 valence electrons. The van der Waals surface area contributed by atoms with Crippen LogP contribution in [0.3, 0.4) is 0 Å². The Morgan fingerprint density at radius 3 is 2.32 bits per heavy atom. The third-order valence-electron chi connectivity index (χ3n) is 3.62. The van der Waals surface area contributed by atoms with E-state index in [0.29, 0.717) is 12.5 Å². The highest BCUT2D eigenvalue weighted by atomic mass is 35.5. The van der Waals surface area contributed by atoms with E-state index in [9.17, 15) is 4.79 Å². The van der Waals surface area contributed by atoms with E-state index >= 15 is 0 Å². The fraction of sp³-hybridized carbons (Fsp3) is 0.733. The van der Waals surface area contributed by atoms with Gasteiger partial charge in [0.05, 0.1) is 10.7 Å². The maximum absolute atomic E-state index is 12.3. The summed E-state index contributed by atoms with van der Waals surface area (Å²) in [6.45, 7) is 10.8. The number of nitrogens with zero attached hydrogens (tertiary/aromatic N) is 1. The summed E-state index contributed by atoms with van der Waals surface area (Å²) in [5.41, 5.74) is 6.82. The molecule has 0 saturated heterocycles. The first kappa shape index (κ1) is 23.9. The normalized spacial score (nSPS) is 10.9. The van der Waals surface area contributed by atoms with Gasteiger partial charge >= 0.3 is 0 Å². The van der Waals surface area contributed by atoms with E-state index in [2.05, 4.69) is 38.0 Å². The molecule has 0 aliphatic heterocycles. The van der Waals surface area contributed by atoms with Crippen molar-refractivity contribution in [2.45, 2.75) is 59.4 Å². The quantitative estimate of drug-likeness (QED) is 0.768. The maximum Gasteiger partial charge on any atom is 0.263 e. The first-order valence-electron chi connectivity index (χ1n) is 7.34. The summed E-state index contributed by atoms with van der Waals surface area (Å²) in [5.74, 6) is 0.450. The van der Waals surface area contributed by atoms with Crippen LogP contribution in [0.25, 0.3) is 0 Å². The molecule has 0 spiro atoms. The second-order valence-corrected chi connectivity index (χ2v) is 7.06. The lowest BCUT2D eigenvalue weighted by Crippen LogP contribution is -2.49. The van der Waals surface area contributed by atoms with Gasteiger partial charge in [-0.1, -0.05) is 27.7 Å². The molecule has 0 saturated carbocycles. The largest absolute Gasteiger partial charge is 0.349 e. The van der Waals surface area contributed by atoms with E-state index in [1.54, 1.807) is 0 Å². The molecule has 0 fully saturated rings. The van der Waals surface area contributed by atoms with Crippen LogP contribution in [0.1, 0.15) is 60.9 Å². The van der Waals surface area contributed by atoms with Crippen LogP contribution in [0, 0.1) is 12.8 Å². The van der Waals surface area contributed by atoms with Crippen molar-refractivity contribution in [1.82, 2.24) is 10.3 Å². The molecule has 0 atom stereocenters. The average molecular weight is 370 g/mol. The SMILES string of the molecule is CCC(N)(CC)CNC(=O)c1sc(C)nc1CC(C)C.Cl.Cl. The van der Waals surface area contributed by atoms with Crippen LogP contribution in [0.15, 0.2) is 0 Å². The number of rotatable bonds is 7. The molecule has 0 aliphatic rings. The standard InChI is InChI=1S/C15H27N3OS.2ClH/c1-6-15(16,7-2)9-17-14(19)13-12(8-10(3)4)18-11(5)20-13;;/h10H,6-9,16H2,1-5H3,(H,17,19);2*1H. The second-order valence-electron chi connectivity index (χ2n) is 5.86. The Balaban J connectivity index is 0. The zero-order valence-corrected chi connectivity index (χ0v) is 16.5. The Kier molecular flexibility index (Phi) is 11.3. The zero-order valence-electron chi connectivity index (χ0n) is 14.1. The van der Waals surface area contributed by atoms with Gasteiger partial charge < -0.3 is 11.1 Å². The summed E-state index contributed by atoms with van der Waals surface area (Å²) in [5, 5.41) is 3.92. The number of carbonyl (C=O) groups excluding carboxylic acids is 1.